The monoisotopic (exact) mass is 299 g/mol. The SMILES string of the molecule is Cc1cc(F)ccc1Oc1ccc(CN)c(C(F)(F)F)c1. The van der Waals surface area contributed by atoms with E-state index in [0.29, 0.717) is 11.3 Å². The second-order valence-electron chi connectivity index (χ2n) is 4.53. The van der Waals surface area contributed by atoms with E-state index in [1.54, 1.807) is 6.92 Å². The summed E-state index contributed by atoms with van der Waals surface area (Å²) in [6.45, 7) is 1.39. The zero-order valence-electron chi connectivity index (χ0n) is 11.2. The summed E-state index contributed by atoms with van der Waals surface area (Å²) in [6, 6.07) is 7.37. The Hall–Kier alpha value is -2.08. The summed E-state index contributed by atoms with van der Waals surface area (Å²) < 4.78 is 57.2. The highest BCUT2D eigenvalue weighted by atomic mass is 19.4. The minimum atomic E-state index is -4.51. The molecule has 0 aliphatic carbocycles. The highest BCUT2D eigenvalue weighted by Crippen LogP contribution is 2.35. The van der Waals surface area contributed by atoms with Gasteiger partial charge in [0.05, 0.1) is 5.56 Å². The Kier molecular flexibility index (Phi) is 4.18. The molecule has 0 bridgehead atoms. The van der Waals surface area contributed by atoms with Crippen LogP contribution in [0.15, 0.2) is 36.4 Å². The van der Waals surface area contributed by atoms with Crippen LogP contribution in [0.3, 0.4) is 0 Å². The van der Waals surface area contributed by atoms with Gasteiger partial charge in [0.15, 0.2) is 0 Å². The van der Waals surface area contributed by atoms with E-state index in [-0.39, 0.29) is 17.9 Å². The zero-order valence-corrected chi connectivity index (χ0v) is 11.2. The molecule has 0 radical (unpaired) electrons. The van der Waals surface area contributed by atoms with Crippen molar-refractivity contribution in [1.82, 2.24) is 0 Å². The molecule has 112 valence electrons. The highest BCUT2D eigenvalue weighted by molar-refractivity contribution is 5.42. The van der Waals surface area contributed by atoms with E-state index in [4.69, 9.17) is 10.5 Å². The first kappa shape index (κ1) is 15.3. The van der Waals surface area contributed by atoms with E-state index in [1.807, 2.05) is 0 Å². The number of hydrogen-bond acceptors (Lipinski definition) is 2. The molecule has 0 aliphatic rings. The molecule has 0 saturated carbocycles. The average Bonchev–Trinajstić information content (AvgIpc) is 2.41. The molecule has 0 heterocycles. The summed E-state index contributed by atoms with van der Waals surface area (Å²) in [7, 11) is 0. The number of aryl methyl sites for hydroxylation is 1. The lowest BCUT2D eigenvalue weighted by molar-refractivity contribution is -0.138. The van der Waals surface area contributed by atoms with Gasteiger partial charge in [-0.05, 0) is 48.4 Å². The van der Waals surface area contributed by atoms with E-state index < -0.39 is 17.6 Å². The fraction of sp³-hybridized carbons (Fsp3) is 0.200. The van der Waals surface area contributed by atoms with Gasteiger partial charge < -0.3 is 10.5 Å². The quantitative estimate of drug-likeness (QED) is 0.852. The molecule has 0 spiro atoms. The van der Waals surface area contributed by atoms with Gasteiger partial charge in [-0.2, -0.15) is 13.2 Å². The van der Waals surface area contributed by atoms with Crippen molar-refractivity contribution in [2.75, 3.05) is 0 Å². The van der Waals surface area contributed by atoms with Crippen LogP contribution in [0.25, 0.3) is 0 Å². The summed E-state index contributed by atoms with van der Waals surface area (Å²) in [5, 5.41) is 0. The van der Waals surface area contributed by atoms with Crippen molar-refractivity contribution in [2.45, 2.75) is 19.6 Å². The molecule has 0 fully saturated rings. The van der Waals surface area contributed by atoms with Crippen LogP contribution < -0.4 is 10.5 Å². The van der Waals surface area contributed by atoms with Gasteiger partial charge in [0.2, 0.25) is 0 Å². The topological polar surface area (TPSA) is 35.2 Å². The first-order chi connectivity index (χ1) is 9.81. The molecule has 2 aromatic rings. The Balaban J connectivity index is 2.37. The first-order valence-corrected chi connectivity index (χ1v) is 6.15. The fourth-order valence-corrected chi connectivity index (χ4v) is 1.92. The number of nitrogens with two attached hydrogens (primary N) is 1. The maximum atomic E-state index is 13.0. The van der Waals surface area contributed by atoms with Crippen molar-refractivity contribution in [3.05, 3.63) is 58.9 Å². The molecule has 0 saturated heterocycles. The molecular formula is C15H13F4NO. The van der Waals surface area contributed by atoms with Crippen LogP contribution in [0.4, 0.5) is 17.6 Å². The Bertz CT molecular complexity index is 653. The second-order valence-corrected chi connectivity index (χ2v) is 4.53. The van der Waals surface area contributed by atoms with Gasteiger partial charge in [-0.15, -0.1) is 0 Å². The van der Waals surface area contributed by atoms with Gasteiger partial charge >= 0.3 is 6.18 Å². The molecule has 0 unspecified atom stereocenters. The van der Waals surface area contributed by atoms with Crippen molar-refractivity contribution in [1.29, 1.82) is 0 Å². The second kappa shape index (κ2) is 5.73. The minimum Gasteiger partial charge on any atom is -0.457 e. The van der Waals surface area contributed by atoms with Crippen LogP contribution in [0.2, 0.25) is 0 Å². The Morgan fingerprint density at radius 1 is 1.10 bits per heavy atom. The van der Waals surface area contributed by atoms with Crippen LogP contribution in [0.1, 0.15) is 16.7 Å². The van der Waals surface area contributed by atoms with Crippen LogP contribution in [0, 0.1) is 12.7 Å². The van der Waals surface area contributed by atoms with Gasteiger partial charge in [0, 0.05) is 6.54 Å². The summed E-state index contributed by atoms with van der Waals surface area (Å²) in [5.74, 6) is -0.117. The average molecular weight is 299 g/mol. The zero-order chi connectivity index (χ0) is 15.6. The Labute approximate surface area is 119 Å². The Morgan fingerprint density at radius 3 is 2.38 bits per heavy atom. The Morgan fingerprint density at radius 2 is 1.81 bits per heavy atom. The van der Waals surface area contributed by atoms with Crippen LogP contribution in [0.5, 0.6) is 11.5 Å². The van der Waals surface area contributed by atoms with Gasteiger partial charge in [-0.3, -0.25) is 0 Å². The summed E-state index contributed by atoms with van der Waals surface area (Å²) in [4.78, 5) is 0. The number of hydrogen-bond donors (Lipinski definition) is 1. The van der Waals surface area contributed by atoms with E-state index >= 15 is 0 Å². The van der Waals surface area contributed by atoms with Crippen molar-refractivity contribution >= 4 is 0 Å². The van der Waals surface area contributed by atoms with Crippen LogP contribution >= 0.6 is 0 Å². The summed E-state index contributed by atoms with van der Waals surface area (Å²) in [5.41, 5.74) is 4.96. The molecule has 2 N–H and O–H groups in total. The van der Waals surface area contributed by atoms with Gasteiger partial charge in [0.25, 0.3) is 0 Å². The maximum absolute atomic E-state index is 13.0. The lowest BCUT2D eigenvalue weighted by Crippen LogP contribution is -2.12. The first-order valence-electron chi connectivity index (χ1n) is 6.15. The predicted octanol–water partition coefficient (Wildman–Crippen LogP) is 4.40. The number of ether oxygens (including phenoxy) is 1. The lowest BCUT2D eigenvalue weighted by atomic mass is 10.1. The standard InChI is InChI=1S/C15H13F4NO/c1-9-6-11(16)3-5-14(9)21-12-4-2-10(8-20)13(7-12)15(17,18)19/h2-7H,8,20H2,1H3. The van der Waals surface area contributed by atoms with Gasteiger partial charge in [-0.25, -0.2) is 4.39 Å². The van der Waals surface area contributed by atoms with E-state index in [1.165, 1.54) is 30.3 Å². The van der Waals surface area contributed by atoms with E-state index in [0.717, 1.165) is 6.07 Å². The summed E-state index contributed by atoms with van der Waals surface area (Å²) >= 11 is 0. The molecule has 0 atom stereocenters. The third-order valence-corrected chi connectivity index (χ3v) is 2.97. The third kappa shape index (κ3) is 3.52. The molecule has 2 nitrogen and oxygen atoms in total. The fourth-order valence-electron chi connectivity index (χ4n) is 1.92. The largest absolute Gasteiger partial charge is 0.457 e. The predicted molar refractivity (Wildman–Crippen MR) is 70.5 cm³/mol. The lowest BCUT2D eigenvalue weighted by Gasteiger charge is -2.14. The molecule has 6 heteroatoms. The number of halogens is 4. The molecule has 2 rings (SSSR count). The minimum absolute atomic E-state index is 0.00863. The van der Waals surface area contributed by atoms with Crippen molar-refractivity contribution in [3.8, 4) is 11.5 Å². The molecule has 21 heavy (non-hydrogen) atoms. The number of alkyl halides is 3. The number of rotatable bonds is 3. The molecule has 2 aromatic carbocycles. The maximum Gasteiger partial charge on any atom is 0.416 e. The molecular weight excluding hydrogens is 286 g/mol. The van der Waals surface area contributed by atoms with E-state index in [2.05, 4.69) is 0 Å². The third-order valence-electron chi connectivity index (χ3n) is 2.97. The molecule has 0 aliphatic heterocycles. The van der Waals surface area contributed by atoms with Crippen LogP contribution in [-0.2, 0) is 12.7 Å². The van der Waals surface area contributed by atoms with Crippen molar-refractivity contribution < 1.29 is 22.3 Å². The molecule has 0 aromatic heterocycles. The van der Waals surface area contributed by atoms with E-state index in [9.17, 15) is 17.6 Å². The van der Waals surface area contributed by atoms with Gasteiger partial charge in [-0.1, -0.05) is 6.07 Å². The smallest absolute Gasteiger partial charge is 0.416 e. The normalized spacial score (nSPS) is 11.5. The molecule has 0 amide bonds. The van der Waals surface area contributed by atoms with Crippen molar-refractivity contribution in [3.63, 3.8) is 0 Å². The summed E-state index contributed by atoms with van der Waals surface area (Å²) in [6.07, 6.45) is -4.51. The highest BCUT2D eigenvalue weighted by Gasteiger charge is 2.33. The van der Waals surface area contributed by atoms with Crippen molar-refractivity contribution in [2.24, 2.45) is 5.73 Å². The number of benzene rings is 2. The van der Waals surface area contributed by atoms with Crippen LogP contribution in [-0.4, -0.2) is 0 Å². The van der Waals surface area contributed by atoms with Gasteiger partial charge in [0.1, 0.15) is 17.3 Å².